The molecule has 124 valence electrons. The average molecular weight is 315 g/mol. The molecule has 1 amide bonds. The molecule has 3 rings (SSSR count). The topological polar surface area (TPSA) is 63.0 Å². The second-order valence-corrected chi connectivity index (χ2v) is 7.37. The van der Waals surface area contributed by atoms with E-state index in [2.05, 4.69) is 26.3 Å². The fourth-order valence-corrected chi connectivity index (χ4v) is 3.01. The molecule has 2 aromatic rings. The summed E-state index contributed by atoms with van der Waals surface area (Å²) in [6, 6.07) is 2.23. The lowest BCUT2D eigenvalue weighted by molar-refractivity contribution is -0.129. The van der Waals surface area contributed by atoms with Crippen LogP contribution in [0.1, 0.15) is 33.6 Å². The van der Waals surface area contributed by atoms with Crippen LogP contribution >= 0.6 is 0 Å². The van der Waals surface area contributed by atoms with E-state index in [-0.39, 0.29) is 17.4 Å². The number of piperidine rings is 1. The summed E-state index contributed by atoms with van der Waals surface area (Å²) < 4.78 is 2.00. The Morgan fingerprint density at radius 1 is 1.35 bits per heavy atom. The van der Waals surface area contributed by atoms with E-state index >= 15 is 0 Å². The molecule has 0 radical (unpaired) electrons. The second kappa shape index (κ2) is 5.83. The van der Waals surface area contributed by atoms with Gasteiger partial charge in [-0.3, -0.25) is 4.79 Å². The number of nitrogens with one attached hydrogen (secondary N) is 1. The molecule has 1 atom stereocenters. The Labute approximate surface area is 136 Å². The molecule has 0 aliphatic carbocycles. The Hall–Kier alpha value is -2.11. The van der Waals surface area contributed by atoms with Gasteiger partial charge in [0.25, 0.3) is 0 Å². The third-order valence-corrected chi connectivity index (χ3v) is 4.38. The minimum atomic E-state index is -0.357. The number of rotatable bonds is 2. The first-order valence-electron chi connectivity index (χ1n) is 8.18. The van der Waals surface area contributed by atoms with E-state index in [4.69, 9.17) is 0 Å². The first-order valence-corrected chi connectivity index (χ1v) is 8.18. The lowest BCUT2D eigenvalue weighted by Crippen LogP contribution is -2.50. The number of aryl methyl sites for hydroxylation is 1. The third kappa shape index (κ3) is 3.16. The maximum absolute atomic E-state index is 12.2. The molecule has 0 saturated carbocycles. The van der Waals surface area contributed by atoms with E-state index in [1.165, 1.54) is 0 Å². The van der Waals surface area contributed by atoms with Crippen molar-refractivity contribution in [1.82, 2.24) is 19.9 Å². The second-order valence-electron chi connectivity index (χ2n) is 7.37. The van der Waals surface area contributed by atoms with Crippen molar-refractivity contribution in [2.75, 3.05) is 18.0 Å². The zero-order valence-corrected chi connectivity index (χ0v) is 14.3. The van der Waals surface area contributed by atoms with Crippen LogP contribution in [0, 0.1) is 5.41 Å². The molecule has 2 aromatic heterocycles. The molecule has 1 aliphatic heterocycles. The van der Waals surface area contributed by atoms with Gasteiger partial charge >= 0.3 is 0 Å². The maximum atomic E-state index is 12.2. The third-order valence-electron chi connectivity index (χ3n) is 4.38. The van der Waals surface area contributed by atoms with E-state index in [1.54, 1.807) is 6.33 Å². The highest BCUT2D eigenvalue weighted by atomic mass is 16.2. The summed E-state index contributed by atoms with van der Waals surface area (Å²) in [4.78, 5) is 23.3. The fourth-order valence-electron chi connectivity index (χ4n) is 3.01. The first kappa shape index (κ1) is 15.8. The lowest BCUT2D eigenvalue weighted by Gasteiger charge is -2.35. The smallest absolute Gasteiger partial charge is 0.225 e. The summed E-state index contributed by atoms with van der Waals surface area (Å²) >= 11 is 0. The molecule has 1 fully saturated rings. The van der Waals surface area contributed by atoms with Gasteiger partial charge < -0.3 is 14.8 Å². The van der Waals surface area contributed by atoms with Gasteiger partial charge in [-0.2, -0.15) is 0 Å². The number of amides is 1. The van der Waals surface area contributed by atoms with Gasteiger partial charge in [0.15, 0.2) is 0 Å². The van der Waals surface area contributed by atoms with Crippen molar-refractivity contribution in [3.05, 3.63) is 18.6 Å². The standard InChI is InChI=1S/C17H25N5O/c1-17(2,3)16(23)20-12-6-5-8-22(10-12)15-13-7-9-21(4)14(13)18-11-19-15/h7,9,11-12H,5-6,8,10H2,1-4H3,(H,20,23). The number of aromatic nitrogens is 3. The Morgan fingerprint density at radius 2 is 2.13 bits per heavy atom. The minimum Gasteiger partial charge on any atom is -0.354 e. The number of hydrogen-bond acceptors (Lipinski definition) is 4. The molecule has 6 nitrogen and oxygen atoms in total. The van der Waals surface area contributed by atoms with Gasteiger partial charge in [0.05, 0.1) is 5.39 Å². The molecule has 1 unspecified atom stereocenters. The largest absolute Gasteiger partial charge is 0.354 e. The van der Waals surface area contributed by atoms with Crippen molar-refractivity contribution in [2.45, 2.75) is 39.7 Å². The van der Waals surface area contributed by atoms with Crippen LogP contribution in [0.3, 0.4) is 0 Å². The molecule has 1 saturated heterocycles. The van der Waals surface area contributed by atoms with Crippen LogP contribution in [0.2, 0.25) is 0 Å². The fraction of sp³-hybridized carbons (Fsp3) is 0.588. The van der Waals surface area contributed by atoms with Crippen molar-refractivity contribution >= 4 is 22.8 Å². The van der Waals surface area contributed by atoms with E-state index in [0.29, 0.717) is 0 Å². The molecule has 6 heteroatoms. The molecule has 0 spiro atoms. The van der Waals surface area contributed by atoms with Gasteiger partial charge in [-0.15, -0.1) is 0 Å². The molecule has 23 heavy (non-hydrogen) atoms. The van der Waals surface area contributed by atoms with E-state index in [9.17, 15) is 4.79 Å². The zero-order chi connectivity index (χ0) is 16.6. The quantitative estimate of drug-likeness (QED) is 0.922. The maximum Gasteiger partial charge on any atom is 0.225 e. The van der Waals surface area contributed by atoms with Crippen LogP contribution in [0.25, 0.3) is 11.0 Å². The SMILES string of the molecule is Cn1ccc2c(N3CCCC(NC(=O)C(C)(C)C)C3)ncnc21. The summed E-state index contributed by atoms with van der Waals surface area (Å²) in [5.41, 5.74) is 0.583. The van der Waals surface area contributed by atoms with Crippen LogP contribution in [-0.4, -0.2) is 39.6 Å². The highest BCUT2D eigenvalue weighted by Gasteiger charge is 2.28. The zero-order valence-electron chi connectivity index (χ0n) is 14.3. The number of hydrogen-bond donors (Lipinski definition) is 1. The van der Waals surface area contributed by atoms with Crippen molar-refractivity contribution in [2.24, 2.45) is 12.5 Å². The van der Waals surface area contributed by atoms with Crippen molar-refractivity contribution < 1.29 is 4.79 Å². The van der Waals surface area contributed by atoms with Crippen LogP contribution in [0.15, 0.2) is 18.6 Å². The summed E-state index contributed by atoms with van der Waals surface area (Å²) in [6.45, 7) is 7.59. The number of carbonyl (C=O) groups is 1. The predicted octanol–water partition coefficient (Wildman–Crippen LogP) is 2.10. The van der Waals surface area contributed by atoms with E-state index in [1.807, 2.05) is 38.6 Å². The molecular formula is C17H25N5O. The molecule has 1 N–H and O–H groups in total. The Kier molecular flexibility index (Phi) is 4.00. The average Bonchev–Trinajstić information content (AvgIpc) is 2.88. The number of nitrogens with zero attached hydrogens (tertiary/aromatic N) is 4. The van der Waals surface area contributed by atoms with Crippen LogP contribution < -0.4 is 10.2 Å². The van der Waals surface area contributed by atoms with E-state index in [0.717, 1.165) is 42.8 Å². The molecule has 3 heterocycles. The van der Waals surface area contributed by atoms with Gasteiger partial charge in [-0.25, -0.2) is 9.97 Å². The normalized spacial score (nSPS) is 19.1. The lowest BCUT2D eigenvalue weighted by atomic mass is 9.94. The summed E-state index contributed by atoms with van der Waals surface area (Å²) in [5, 5.41) is 4.25. The van der Waals surface area contributed by atoms with Gasteiger partial charge in [0, 0.05) is 37.8 Å². The highest BCUT2D eigenvalue weighted by Crippen LogP contribution is 2.26. The molecule has 0 bridgehead atoms. The highest BCUT2D eigenvalue weighted by molar-refractivity contribution is 5.88. The summed E-state index contributed by atoms with van der Waals surface area (Å²) in [7, 11) is 1.99. The summed E-state index contributed by atoms with van der Waals surface area (Å²) in [5.74, 6) is 1.07. The van der Waals surface area contributed by atoms with Crippen LogP contribution in [0.5, 0.6) is 0 Å². The van der Waals surface area contributed by atoms with Crippen LogP contribution in [0.4, 0.5) is 5.82 Å². The van der Waals surface area contributed by atoms with Gasteiger partial charge in [0.1, 0.15) is 17.8 Å². The number of anilines is 1. The monoisotopic (exact) mass is 315 g/mol. The predicted molar refractivity (Wildman–Crippen MR) is 91.3 cm³/mol. The minimum absolute atomic E-state index is 0.108. The first-order chi connectivity index (χ1) is 10.9. The number of carbonyl (C=O) groups excluding carboxylic acids is 1. The van der Waals surface area contributed by atoms with Crippen molar-refractivity contribution in [1.29, 1.82) is 0 Å². The van der Waals surface area contributed by atoms with Crippen molar-refractivity contribution in [3.63, 3.8) is 0 Å². The van der Waals surface area contributed by atoms with Gasteiger partial charge in [-0.1, -0.05) is 20.8 Å². The van der Waals surface area contributed by atoms with Crippen molar-refractivity contribution in [3.8, 4) is 0 Å². The Balaban J connectivity index is 1.79. The molecule has 1 aliphatic rings. The van der Waals surface area contributed by atoms with Crippen LogP contribution in [-0.2, 0) is 11.8 Å². The van der Waals surface area contributed by atoms with Gasteiger partial charge in [-0.05, 0) is 18.9 Å². The number of fused-ring (bicyclic) bond motifs is 1. The molecular weight excluding hydrogens is 290 g/mol. The summed E-state index contributed by atoms with van der Waals surface area (Å²) in [6.07, 6.45) is 5.69. The Morgan fingerprint density at radius 3 is 2.87 bits per heavy atom. The Bertz CT molecular complexity index is 715. The molecule has 0 aromatic carbocycles. The van der Waals surface area contributed by atoms with Gasteiger partial charge in [0.2, 0.25) is 5.91 Å². The van der Waals surface area contributed by atoms with E-state index < -0.39 is 0 Å².